The molecule has 1 rings (SSSR count). The summed E-state index contributed by atoms with van der Waals surface area (Å²) in [5.41, 5.74) is 0.880. The van der Waals surface area contributed by atoms with E-state index in [1.54, 1.807) is 6.08 Å². The van der Waals surface area contributed by atoms with Gasteiger partial charge >= 0.3 is 0 Å². The van der Waals surface area contributed by atoms with Gasteiger partial charge in [-0.05, 0) is 13.3 Å². The molecule has 0 aliphatic rings. The van der Waals surface area contributed by atoms with E-state index in [1.165, 1.54) is 0 Å². The Labute approximate surface area is 108 Å². The van der Waals surface area contributed by atoms with Gasteiger partial charge in [0, 0.05) is 18.3 Å². The molecule has 0 atom stereocenters. The summed E-state index contributed by atoms with van der Waals surface area (Å²) >= 11 is 0. The zero-order valence-corrected chi connectivity index (χ0v) is 11.1. The summed E-state index contributed by atoms with van der Waals surface area (Å²) in [5, 5.41) is 3.10. The van der Waals surface area contributed by atoms with Crippen molar-refractivity contribution >= 4 is 5.95 Å². The number of nitrogens with one attached hydrogen (secondary N) is 1. The summed E-state index contributed by atoms with van der Waals surface area (Å²) in [7, 11) is 0. The number of ether oxygens (including phenoxy) is 2. The van der Waals surface area contributed by atoms with Gasteiger partial charge in [0.25, 0.3) is 0 Å². The molecule has 100 valence electrons. The van der Waals surface area contributed by atoms with Crippen molar-refractivity contribution < 1.29 is 9.47 Å². The van der Waals surface area contributed by atoms with Crippen molar-refractivity contribution in [3.8, 4) is 5.88 Å². The topological polar surface area (TPSA) is 56.3 Å². The van der Waals surface area contributed by atoms with Crippen LogP contribution in [0.5, 0.6) is 5.88 Å². The van der Waals surface area contributed by atoms with Crippen LogP contribution in [0.15, 0.2) is 18.7 Å². The Morgan fingerprint density at radius 1 is 1.39 bits per heavy atom. The fourth-order valence-corrected chi connectivity index (χ4v) is 1.30. The molecular weight excluding hydrogens is 230 g/mol. The van der Waals surface area contributed by atoms with E-state index in [4.69, 9.17) is 9.47 Å². The molecule has 0 fully saturated rings. The first-order valence-corrected chi connectivity index (χ1v) is 6.17. The minimum absolute atomic E-state index is 0.557. The van der Waals surface area contributed by atoms with Crippen LogP contribution < -0.4 is 10.1 Å². The fourth-order valence-electron chi connectivity index (χ4n) is 1.30. The number of hydrogen-bond donors (Lipinski definition) is 1. The second-order valence-electron chi connectivity index (χ2n) is 3.81. The standard InChI is InChI=1S/C13H21N3O2/c1-4-7-17-9-6-14-13-15-11(3)10-12(16-13)18-8-5-2/h4,10H,1,5-9H2,2-3H3,(H,14,15,16). The molecule has 0 radical (unpaired) electrons. The summed E-state index contributed by atoms with van der Waals surface area (Å²) in [6.07, 6.45) is 2.68. The summed E-state index contributed by atoms with van der Waals surface area (Å²) < 4.78 is 10.7. The van der Waals surface area contributed by atoms with Gasteiger partial charge in [-0.1, -0.05) is 13.0 Å². The molecular formula is C13H21N3O2. The number of anilines is 1. The van der Waals surface area contributed by atoms with Gasteiger partial charge in [-0.25, -0.2) is 4.98 Å². The molecule has 1 aromatic rings. The number of aromatic nitrogens is 2. The van der Waals surface area contributed by atoms with Gasteiger partial charge in [0.15, 0.2) is 0 Å². The Balaban J connectivity index is 2.43. The van der Waals surface area contributed by atoms with E-state index in [2.05, 4.69) is 28.8 Å². The summed E-state index contributed by atoms with van der Waals surface area (Å²) in [6.45, 7) is 10.0. The molecule has 1 aromatic heterocycles. The minimum Gasteiger partial charge on any atom is -0.478 e. The molecule has 0 unspecified atom stereocenters. The van der Waals surface area contributed by atoms with Crippen LogP contribution in [0.2, 0.25) is 0 Å². The zero-order valence-electron chi connectivity index (χ0n) is 11.1. The molecule has 0 saturated carbocycles. The maximum Gasteiger partial charge on any atom is 0.226 e. The van der Waals surface area contributed by atoms with Gasteiger partial charge in [0.1, 0.15) is 0 Å². The van der Waals surface area contributed by atoms with Gasteiger partial charge < -0.3 is 14.8 Å². The van der Waals surface area contributed by atoms with Crippen LogP contribution in [0.4, 0.5) is 5.95 Å². The van der Waals surface area contributed by atoms with Gasteiger partial charge in [0.05, 0.1) is 19.8 Å². The van der Waals surface area contributed by atoms with Gasteiger partial charge in [-0.2, -0.15) is 4.98 Å². The fraction of sp³-hybridized carbons (Fsp3) is 0.538. The third-order valence-corrected chi connectivity index (χ3v) is 2.05. The number of nitrogens with zero attached hydrogens (tertiary/aromatic N) is 2. The first kappa shape index (κ1) is 14.4. The van der Waals surface area contributed by atoms with Crippen LogP contribution in [-0.4, -0.2) is 36.3 Å². The maximum absolute atomic E-state index is 5.49. The van der Waals surface area contributed by atoms with E-state index in [1.807, 2.05) is 13.0 Å². The first-order valence-electron chi connectivity index (χ1n) is 6.17. The van der Waals surface area contributed by atoms with Crippen molar-refractivity contribution in [2.45, 2.75) is 20.3 Å². The molecule has 1 N–H and O–H groups in total. The first-order chi connectivity index (χ1) is 8.76. The Bertz CT molecular complexity index is 369. The highest BCUT2D eigenvalue weighted by atomic mass is 16.5. The predicted molar refractivity (Wildman–Crippen MR) is 72.1 cm³/mol. The third kappa shape index (κ3) is 5.63. The number of hydrogen-bond acceptors (Lipinski definition) is 5. The van der Waals surface area contributed by atoms with Crippen LogP contribution in [0.25, 0.3) is 0 Å². The van der Waals surface area contributed by atoms with E-state index in [0.717, 1.165) is 12.1 Å². The van der Waals surface area contributed by atoms with E-state index < -0.39 is 0 Å². The zero-order chi connectivity index (χ0) is 13.2. The average Bonchev–Trinajstić information content (AvgIpc) is 2.35. The highest BCUT2D eigenvalue weighted by Gasteiger charge is 2.02. The molecule has 0 amide bonds. The van der Waals surface area contributed by atoms with Crippen molar-refractivity contribution in [3.63, 3.8) is 0 Å². The highest BCUT2D eigenvalue weighted by Crippen LogP contribution is 2.11. The second kappa shape index (κ2) is 8.47. The lowest BCUT2D eigenvalue weighted by molar-refractivity contribution is 0.173. The van der Waals surface area contributed by atoms with Crippen molar-refractivity contribution in [1.29, 1.82) is 0 Å². The quantitative estimate of drug-likeness (QED) is 0.538. The third-order valence-electron chi connectivity index (χ3n) is 2.05. The minimum atomic E-state index is 0.557. The Hall–Kier alpha value is -1.62. The second-order valence-corrected chi connectivity index (χ2v) is 3.81. The van der Waals surface area contributed by atoms with Crippen molar-refractivity contribution in [1.82, 2.24) is 9.97 Å². The predicted octanol–water partition coefficient (Wildman–Crippen LogP) is 2.19. The van der Waals surface area contributed by atoms with E-state index >= 15 is 0 Å². The van der Waals surface area contributed by atoms with Gasteiger partial charge in [-0.15, -0.1) is 6.58 Å². The van der Waals surface area contributed by atoms with E-state index in [9.17, 15) is 0 Å². The molecule has 0 aliphatic carbocycles. The lowest BCUT2D eigenvalue weighted by Gasteiger charge is -2.08. The smallest absolute Gasteiger partial charge is 0.226 e. The lowest BCUT2D eigenvalue weighted by Crippen LogP contribution is -2.12. The molecule has 0 aliphatic heterocycles. The Morgan fingerprint density at radius 2 is 2.22 bits per heavy atom. The number of rotatable bonds is 9. The normalized spacial score (nSPS) is 10.1. The van der Waals surface area contributed by atoms with E-state index in [-0.39, 0.29) is 0 Å². The monoisotopic (exact) mass is 251 g/mol. The van der Waals surface area contributed by atoms with E-state index in [0.29, 0.717) is 38.2 Å². The van der Waals surface area contributed by atoms with Crippen LogP contribution in [-0.2, 0) is 4.74 Å². The molecule has 0 spiro atoms. The molecule has 5 heteroatoms. The van der Waals surface area contributed by atoms with Crippen LogP contribution in [0.3, 0.4) is 0 Å². The highest BCUT2D eigenvalue weighted by molar-refractivity contribution is 5.30. The van der Waals surface area contributed by atoms with Crippen LogP contribution in [0, 0.1) is 6.92 Å². The van der Waals surface area contributed by atoms with Crippen molar-refractivity contribution in [2.75, 3.05) is 31.7 Å². The van der Waals surface area contributed by atoms with Gasteiger partial charge in [-0.3, -0.25) is 0 Å². The van der Waals surface area contributed by atoms with Crippen LogP contribution >= 0.6 is 0 Å². The SMILES string of the molecule is C=CCOCCNc1nc(C)cc(OCCC)n1. The van der Waals surface area contributed by atoms with Crippen molar-refractivity contribution in [3.05, 3.63) is 24.4 Å². The largest absolute Gasteiger partial charge is 0.478 e. The Morgan fingerprint density at radius 3 is 2.94 bits per heavy atom. The lowest BCUT2D eigenvalue weighted by atomic mass is 10.4. The molecule has 0 aromatic carbocycles. The van der Waals surface area contributed by atoms with Crippen LogP contribution in [0.1, 0.15) is 19.0 Å². The molecule has 1 heterocycles. The molecule has 18 heavy (non-hydrogen) atoms. The number of aryl methyl sites for hydroxylation is 1. The van der Waals surface area contributed by atoms with Gasteiger partial charge in [0.2, 0.25) is 11.8 Å². The summed E-state index contributed by atoms with van der Waals surface area (Å²) in [6, 6.07) is 1.83. The summed E-state index contributed by atoms with van der Waals surface area (Å²) in [4.78, 5) is 8.55. The molecule has 0 saturated heterocycles. The average molecular weight is 251 g/mol. The molecule has 0 bridgehead atoms. The molecule has 5 nitrogen and oxygen atoms in total. The summed E-state index contributed by atoms with van der Waals surface area (Å²) in [5.74, 6) is 1.18. The Kier molecular flexibility index (Phi) is 6.79. The van der Waals surface area contributed by atoms with Crippen molar-refractivity contribution in [2.24, 2.45) is 0 Å². The maximum atomic E-state index is 5.49.